The lowest BCUT2D eigenvalue weighted by Gasteiger charge is -2.25. The number of aromatic amines is 1. The van der Waals surface area contributed by atoms with E-state index in [4.69, 9.17) is 5.73 Å². The quantitative estimate of drug-likeness (QED) is 0.829. The van der Waals surface area contributed by atoms with Crippen LogP contribution in [-0.2, 0) is 10.8 Å². The molecule has 0 spiro atoms. The summed E-state index contributed by atoms with van der Waals surface area (Å²) in [5, 5.41) is 0.835. The maximum atomic E-state index is 12.6. The zero-order chi connectivity index (χ0) is 13.4. The van der Waals surface area contributed by atoms with E-state index in [1.54, 1.807) is 0 Å². The van der Waals surface area contributed by atoms with Gasteiger partial charge in [-0.3, -0.25) is 4.21 Å². The van der Waals surface area contributed by atoms with Gasteiger partial charge < -0.3 is 10.7 Å². The molecule has 3 N–H and O–H groups in total. The number of hydrogen-bond acceptors (Lipinski definition) is 3. The number of nitrogen functional groups attached to an aromatic ring is 1. The fourth-order valence-corrected chi connectivity index (χ4v) is 4.43. The maximum absolute atomic E-state index is 12.6. The lowest BCUT2D eigenvalue weighted by atomic mass is 9.91. The molecule has 5 heteroatoms. The molecule has 0 amide bonds. The number of nitrogens with two attached hydrogens (primary N) is 1. The third-order valence-corrected chi connectivity index (χ3v) is 5.47. The van der Waals surface area contributed by atoms with Crippen LogP contribution in [0.1, 0.15) is 32.6 Å². The van der Waals surface area contributed by atoms with Crippen molar-refractivity contribution in [2.24, 2.45) is 5.92 Å². The second-order valence-corrected chi connectivity index (χ2v) is 7.16. The van der Waals surface area contributed by atoms with Crippen LogP contribution in [-0.4, -0.2) is 19.4 Å². The Kier molecular flexibility index (Phi) is 3.31. The molecule has 0 radical (unpaired) electrons. The van der Waals surface area contributed by atoms with Gasteiger partial charge in [0.2, 0.25) is 0 Å². The molecule has 1 heterocycles. The molecule has 2 aromatic rings. The number of fused-ring (bicyclic) bond motifs is 1. The molecule has 19 heavy (non-hydrogen) atoms. The molecule has 1 fully saturated rings. The van der Waals surface area contributed by atoms with Crippen LogP contribution < -0.4 is 5.73 Å². The van der Waals surface area contributed by atoms with Gasteiger partial charge >= 0.3 is 0 Å². The van der Waals surface area contributed by atoms with Crippen LogP contribution in [0.25, 0.3) is 11.0 Å². The zero-order valence-electron chi connectivity index (χ0n) is 11.1. The summed E-state index contributed by atoms with van der Waals surface area (Å²) >= 11 is 0. The molecule has 0 aliphatic heterocycles. The minimum Gasteiger partial charge on any atom is -0.399 e. The van der Waals surface area contributed by atoms with Crippen LogP contribution in [0, 0.1) is 5.92 Å². The molecule has 102 valence electrons. The van der Waals surface area contributed by atoms with E-state index in [0.717, 1.165) is 23.9 Å². The summed E-state index contributed by atoms with van der Waals surface area (Å²) in [5.41, 5.74) is 8.14. The standard InChI is InChI=1S/C14H19N3OS/c1-9-3-2-4-11(7-9)19(18)14-16-12-6-5-10(15)8-13(12)17-14/h5-6,8-9,11H,2-4,7,15H2,1H3,(H,16,17). The fraction of sp³-hybridized carbons (Fsp3) is 0.500. The van der Waals surface area contributed by atoms with Crippen molar-refractivity contribution in [3.8, 4) is 0 Å². The van der Waals surface area contributed by atoms with Crippen molar-refractivity contribution >= 4 is 27.5 Å². The first kappa shape index (κ1) is 12.7. The van der Waals surface area contributed by atoms with Crippen LogP contribution in [0.3, 0.4) is 0 Å². The van der Waals surface area contributed by atoms with E-state index in [0.29, 0.717) is 16.8 Å². The number of nitrogens with one attached hydrogen (secondary N) is 1. The summed E-state index contributed by atoms with van der Waals surface area (Å²) in [4.78, 5) is 7.60. The normalized spacial score (nSPS) is 25.5. The number of H-pyrrole nitrogens is 1. The zero-order valence-corrected chi connectivity index (χ0v) is 11.9. The van der Waals surface area contributed by atoms with Crippen LogP contribution in [0.5, 0.6) is 0 Å². The average molecular weight is 277 g/mol. The molecule has 3 rings (SSSR count). The lowest BCUT2D eigenvalue weighted by Crippen LogP contribution is -2.23. The summed E-state index contributed by atoms with van der Waals surface area (Å²) in [6, 6.07) is 5.52. The van der Waals surface area contributed by atoms with Crippen molar-refractivity contribution in [2.45, 2.75) is 43.0 Å². The van der Waals surface area contributed by atoms with E-state index >= 15 is 0 Å². The van der Waals surface area contributed by atoms with Gasteiger partial charge in [-0.1, -0.05) is 19.8 Å². The smallest absolute Gasteiger partial charge is 0.197 e. The predicted octanol–water partition coefficient (Wildman–Crippen LogP) is 2.83. The van der Waals surface area contributed by atoms with E-state index in [1.807, 2.05) is 18.2 Å². The molecule has 4 nitrogen and oxygen atoms in total. The minimum atomic E-state index is -1.04. The first-order valence-corrected chi connectivity index (χ1v) is 8.00. The molecule has 1 saturated carbocycles. The van der Waals surface area contributed by atoms with Crippen LogP contribution in [0.2, 0.25) is 0 Å². The summed E-state index contributed by atoms with van der Waals surface area (Å²) < 4.78 is 12.6. The van der Waals surface area contributed by atoms with Crippen molar-refractivity contribution in [1.29, 1.82) is 0 Å². The molecule has 1 aliphatic carbocycles. The SMILES string of the molecule is CC1CCCC(S(=O)c2nc3ccc(N)cc3[nH]2)C1. The second kappa shape index (κ2) is 4.96. The molecule has 1 aliphatic rings. The third-order valence-electron chi connectivity index (χ3n) is 3.87. The van der Waals surface area contributed by atoms with Gasteiger partial charge in [0, 0.05) is 10.9 Å². The van der Waals surface area contributed by atoms with Gasteiger partial charge in [-0.2, -0.15) is 0 Å². The highest BCUT2D eigenvalue weighted by Crippen LogP contribution is 2.29. The summed E-state index contributed by atoms with van der Waals surface area (Å²) in [6.45, 7) is 2.24. The molecule has 0 bridgehead atoms. The Hall–Kier alpha value is -1.36. The Morgan fingerprint density at radius 1 is 1.42 bits per heavy atom. The number of hydrogen-bond donors (Lipinski definition) is 2. The van der Waals surface area contributed by atoms with Gasteiger partial charge in [0.25, 0.3) is 0 Å². The second-order valence-electron chi connectivity index (χ2n) is 5.51. The van der Waals surface area contributed by atoms with Gasteiger partial charge in [0.15, 0.2) is 5.16 Å². The van der Waals surface area contributed by atoms with Gasteiger partial charge in [-0.15, -0.1) is 0 Å². The summed E-state index contributed by atoms with van der Waals surface area (Å²) in [7, 11) is -1.04. The molecular weight excluding hydrogens is 258 g/mol. The van der Waals surface area contributed by atoms with Gasteiger partial charge in [0.05, 0.1) is 21.8 Å². The Morgan fingerprint density at radius 3 is 3.05 bits per heavy atom. The Morgan fingerprint density at radius 2 is 2.26 bits per heavy atom. The highest BCUT2D eigenvalue weighted by molar-refractivity contribution is 7.85. The first-order valence-electron chi connectivity index (χ1n) is 6.79. The van der Waals surface area contributed by atoms with Gasteiger partial charge in [0.1, 0.15) is 0 Å². The van der Waals surface area contributed by atoms with Crippen LogP contribution in [0.4, 0.5) is 5.69 Å². The number of aromatic nitrogens is 2. The van der Waals surface area contributed by atoms with Gasteiger partial charge in [-0.05, 0) is 37.0 Å². The van der Waals surface area contributed by atoms with Crippen molar-refractivity contribution in [1.82, 2.24) is 9.97 Å². The topological polar surface area (TPSA) is 71.8 Å². The number of anilines is 1. The van der Waals surface area contributed by atoms with Crippen LogP contribution >= 0.6 is 0 Å². The molecular formula is C14H19N3OS. The van der Waals surface area contributed by atoms with E-state index in [-0.39, 0.29) is 5.25 Å². The summed E-state index contributed by atoms with van der Waals surface area (Å²) in [5.74, 6) is 0.669. The highest BCUT2D eigenvalue weighted by Gasteiger charge is 2.26. The van der Waals surface area contributed by atoms with E-state index in [1.165, 1.54) is 12.8 Å². The van der Waals surface area contributed by atoms with Crippen molar-refractivity contribution < 1.29 is 4.21 Å². The van der Waals surface area contributed by atoms with E-state index in [9.17, 15) is 4.21 Å². The minimum absolute atomic E-state index is 0.238. The van der Waals surface area contributed by atoms with Gasteiger partial charge in [-0.25, -0.2) is 4.98 Å². The number of imidazole rings is 1. The Bertz CT molecular complexity index is 622. The molecule has 1 aromatic carbocycles. The van der Waals surface area contributed by atoms with E-state index in [2.05, 4.69) is 16.9 Å². The van der Waals surface area contributed by atoms with Crippen LogP contribution in [0.15, 0.2) is 23.4 Å². The Labute approximate surface area is 115 Å². The van der Waals surface area contributed by atoms with Crippen molar-refractivity contribution in [3.63, 3.8) is 0 Å². The fourth-order valence-electron chi connectivity index (χ4n) is 2.83. The van der Waals surface area contributed by atoms with Crippen molar-refractivity contribution in [3.05, 3.63) is 18.2 Å². The summed E-state index contributed by atoms with van der Waals surface area (Å²) in [6.07, 6.45) is 4.50. The highest BCUT2D eigenvalue weighted by atomic mass is 32.2. The number of rotatable bonds is 2. The molecule has 3 unspecified atom stereocenters. The number of benzene rings is 1. The lowest BCUT2D eigenvalue weighted by molar-refractivity contribution is 0.389. The maximum Gasteiger partial charge on any atom is 0.197 e. The molecule has 3 atom stereocenters. The Balaban J connectivity index is 1.88. The first-order chi connectivity index (χ1) is 9.13. The molecule has 1 aromatic heterocycles. The number of nitrogens with zero attached hydrogens (tertiary/aromatic N) is 1. The third kappa shape index (κ3) is 2.52. The average Bonchev–Trinajstić information content (AvgIpc) is 2.80. The predicted molar refractivity (Wildman–Crippen MR) is 78.3 cm³/mol. The largest absolute Gasteiger partial charge is 0.399 e. The van der Waals surface area contributed by atoms with Crippen molar-refractivity contribution in [2.75, 3.05) is 5.73 Å². The monoisotopic (exact) mass is 277 g/mol. The van der Waals surface area contributed by atoms with E-state index < -0.39 is 10.8 Å². The molecule has 0 saturated heterocycles.